The van der Waals surface area contributed by atoms with Crippen molar-refractivity contribution in [2.24, 2.45) is 5.92 Å². The Morgan fingerprint density at radius 2 is 1.75 bits per heavy atom. The van der Waals surface area contributed by atoms with Crippen LogP contribution < -0.4 is 5.32 Å². The molecule has 1 heterocycles. The minimum Gasteiger partial charge on any atom is -0.461 e. The standard InChI is InChI=1S/C10H10BrF6NO2/c1-3(19)20-5-2-4-6(11)7(5)18-8(4,9(12,13)14)10(15,16)17/h4-7,18H,2H2,1H3/t4-,5+,6+,7-/m1/s1. The van der Waals surface area contributed by atoms with Crippen molar-refractivity contribution in [2.75, 3.05) is 0 Å². The van der Waals surface area contributed by atoms with Gasteiger partial charge in [0, 0.05) is 17.7 Å². The zero-order valence-corrected chi connectivity index (χ0v) is 11.6. The fourth-order valence-electron chi connectivity index (χ4n) is 3.02. The molecular formula is C10H10BrF6NO2. The number of ether oxygens (including phenoxy) is 1. The molecule has 0 aromatic heterocycles. The van der Waals surface area contributed by atoms with Crippen LogP contribution in [0, 0.1) is 5.92 Å². The van der Waals surface area contributed by atoms with Gasteiger partial charge in [-0.25, -0.2) is 0 Å². The number of halogens is 7. The lowest BCUT2D eigenvalue weighted by Crippen LogP contribution is -2.70. The molecule has 0 amide bonds. The third kappa shape index (κ3) is 2.02. The first-order valence-electron chi connectivity index (χ1n) is 5.64. The third-order valence-electron chi connectivity index (χ3n) is 3.78. The molecule has 20 heavy (non-hydrogen) atoms. The summed E-state index contributed by atoms with van der Waals surface area (Å²) in [6.45, 7) is 1.05. The Labute approximate surface area is 118 Å². The largest absolute Gasteiger partial charge is 0.461 e. The van der Waals surface area contributed by atoms with Gasteiger partial charge < -0.3 is 4.74 Å². The van der Waals surface area contributed by atoms with Crippen LogP contribution in [-0.4, -0.2) is 40.8 Å². The highest BCUT2D eigenvalue weighted by Crippen LogP contribution is 2.59. The van der Waals surface area contributed by atoms with E-state index in [1.165, 1.54) is 0 Å². The minimum absolute atomic E-state index is 0.494. The summed E-state index contributed by atoms with van der Waals surface area (Å²) >= 11 is 2.87. The second-order valence-corrected chi connectivity index (χ2v) is 5.97. The molecule has 4 atom stereocenters. The van der Waals surface area contributed by atoms with Crippen LogP contribution in [0.1, 0.15) is 13.3 Å². The molecule has 116 valence electrons. The first kappa shape index (κ1) is 15.9. The maximum absolute atomic E-state index is 13.0. The van der Waals surface area contributed by atoms with Crippen LogP contribution in [0.25, 0.3) is 0 Å². The smallest absolute Gasteiger partial charge is 0.415 e. The number of alkyl halides is 7. The van der Waals surface area contributed by atoms with Crippen molar-refractivity contribution < 1.29 is 35.9 Å². The minimum atomic E-state index is -5.49. The predicted octanol–water partition coefficient (Wildman–Crippen LogP) is 2.54. The second-order valence-electron chi connectivity index (χ2n) is 4.91. The van der Waals surface area contributed by atoms with E-state index in [9.17, 15) is 31.1 Å². The Bertz CT molecular complexity index is 409. The van der Waals surface area contributed by atoms with Crippen molar-refractivity contribution in [3.05, 3.63) is 0 Å². The Morgan fingerprint density at radius 1 is 1.25 bits per heavy atom. The molecule has 0 spiro atoms. The molecule has 0 unspecified atom stereocenters. The molecule has 2 rings (SSSR count). The lowest BCUT2D eigenvalue weighted by atomic mass is 9.82. The van der Waals surface area contributed by atoms with Crippen molar-refractivity contribution in [2.45, 2.75) is 48.2 Å². The van der Waals surface area contributed by atoms with E-state index in [4.69, 9.17) is 4.74 Å². The second kappa shape index (κ2) is 4.49. The highest BCUT2D eigenvalue weighted by Gasteiger charge is 2.81. The zero-order chi connectivity index (χ0) is 15.5. The number of fused-ring (bicyclic) bond motifs is 2. The molecule has 0 aromatic rings. The molecule has 2 fully saturated rings. The van der Waals surface area contributed by atoms with Crippen molar-refractivity contribution in [3.63, 3.8) is 0 Å². The van der Waals surface area contributed by atoms with Gasteiger partial charge in [-0.2, -0.15) is 26.3 Å². The number of hydrogen-bond acceptors (Lipinski definition) is 3. The summed E-state index contributed by atoms with van der Waals surface area (Å²) in [4.78, 5) is 9.75. The molecule has 1 aliphatic carbocycles. The molecule has 1 saturated carbocycles. The van der Waals surface area contributed by atoms with Gasteiger partial charge in [-0.05, 0) is 6.42 Å². The average Bonchev–Trinajstić information content (AvgIpc) is 2.66. The van der Waals surface area contributed by atoms with Crippen LogP contribution in [0.2, 0.25) is 0 Å². The van der Waals surface area contributed by atoms with E-state index in [0.717, 1.165) is 6.92 Å². The van der Waals surface area contributed by atoms with Crippen LogP contribution in [-0.2, 0) is 9.53 Å². The summed E-state index contributed by atoms with van der Waals surface area (Å²) in [5, 5.41) is 1.61. The van der Waals surface area contributed by atoms with Crippen LogP contribution >= 0.6 is 15.9 Å². The number of carbonyl (C=O) groups excluding carboxylic acids is 1. The highest BCUT2D eigenvalue weighted by molar-refractivity contribution is 9.09. The average molecular weight is 370 g/mol. The van der Waals surface area contributed by atoms with Crippen LogP contribution in [0.4, 0.5) is 26.3 Å². The molecule has 0 aromatic carbocycles. The first-order chi connectivity index (χ1) is 8.92. The van der Waals surface area contributed by atoms with E-state index in [1.807, 2.05) is 0 Å². The maximum atomic E-state index is 13.0. The maximum Gasteiger partial charge on any atom is 0.415 e. The van der Waals surface area contributed by atoms with Gasteiger partial charge in [0.1, 0.15) is 6.10 Å². The molecule has 10 heteroatoms. The Kier molecular flexibility index (Phi) is 3.56. The van der Waals surface area contributed by atoms with E-state index >= 15 is 0 Å². The number of piperidine rings is 1. The number of carbonyl (C=O) groups is 1. The van der Waals surface area contributed by atoms with Gasteiger partial charge in [0.05, 0.1) is 6.04 Å². The van der Waals surface area contributed by atoms with Crippen LogP contribution in [0.15, 0.2) is 0 Å². The molecule has 2 bridgehead atoms. The van der Waals surface area contributed by atoms with Gasteiger partial charge in [-0.3, -0.25) is 10.1 Å². The van der Waals surface area contributed by atoms with Gasteiger partial charge >= 0.3 is 18.3 Å². The van der Waals surface area contributed by atoms with E-state index in [-0.39, 0.29) is 0 Å². The molecular weight excluding hydrogens is 360 g/mol. The number of hydrogen-bond donors (Lipinski definition) is 1. The van der Waals surface area contributed by atoms with Crippen molar-refractivity contribution in [1.82, 2.24) is 5.32 Å². The predicted molar refractivity (Wildman–Crippen MR) is 58.1 cm³/mol. The first-order valence-corrected chi connectivity index (χ1v) is 6.56. The topological polar surface area (TPSA) is 38.3 Å². The molecule has 0 radical (unpaired) electrons. The van der Waals surface area contributed by atoms with E-state index in [0.29, 0.717) is 0 Å². The molecule has 1 aliphatic heterocycles. The van der Waals surface area contributed by atoms with Gasteiger partial charge in [-0.15, -0.1) is 0 Å². The van der Waals surface area contributed by atoms with Gasteiger partial charge in [-0.1, -0.05) is 15.9 Å². The van der Waals surface area contributed by atoms with Gasteiger partial charge in [0.15, 0.2) is 0 Å². The monoisotopic (exact) mass is 369 g/mol. The lowest BCUT2D eigenvalue weighted by molar-refractivity contribution is -0.320. The SMILES string of the molecule is CC(=O)O[C@H]1C[C@@H]2[C@H](Br)[C@@H]1NC2(C(F)(F)F)C(F)(F)F. The van der Waals surface area contributed by atoms with Crippen LogP contribution in [0.5, 0.6) is 0 Å². The number of nitrogens with one attached hydrogen (secondary N) is 1. The Morgan fingerprint density at radius 3 is 2.05 bits per heavy atom. The van der Waals surface area contributed by atoms with Gasteiger partial charge in [0.2, 0.25) is 5.54 Å². The number of rotatable bonds is 1. The molecule has 1 saturated heterocycles. The molecule has 3 nitrogen and oxygen atoms in total. The van der Waals surface area contributed by atoms with Crippen molar-refractivity contribution >= 4 is 21.9 Å². The molecule has 2 aliphatic rings. The third-order valence-corrected chi connectivity index (χ3v) is 4.98. The van der Waals surface area contributed by atoms with Crippen LogP contribution in [0.3, 0.4) is 0 Å². The number of esters is 1. The van der Waals surface area contributed by atoms with E-state index in [2.05, 4.69) is 15.9 Å². The van der Waals surface area contributed by atoms with E-state index < -0.39 is 53.2 Å². The fourth-order valence-corrected chi connectivity index (χ4v) is 4.10. The molecule has 1 N–H and O–H groups in total. The fraction of sp³-hybridized carbons (Fsp3) is 0.900. The quantitative estimate of drug-likeness (QED) is 0.438. The van der Waals surface area contributed by atoms with E-state index in [1.54, 1.807) is 5.32 Å². The summed E-state index contributed by atoms with van der Waals surface area (Å²) in [5.41, 5.74) is -3.96. The zero-order valence-electron chi connectivity index (χ0n) is 9.98. The summed E-state index contributed by atoms with van der Waals surface area (Å²) in [6.07, 6.45) is -12.5. The highest BCUT2D eigenvalue weighted by atomic mass is 79.9. The Hall–Kier alpha value is -0.510. The normalized spacial score (nSPS) is 36.2. The lowest BCUT2D eigenvalue weighted by Gasteiger charge is -2.42. The van der Waals surface area contributed by atoms with Crippen molar-refractivity contribution in [1.29, 1.82) is 0 Å². The summed E-state index contributed by atoms with van der Waals surface area (Å²) in [5.74, 6) is -2.52. The summed E-state index contributed by atoms with van der Waals surface area (Å²) < 4.78 is 82.9. The van der Waals surface area contributed by atoms with Gasteiger partial charge in [0.25, 0.3) is 0 Å². The van der Waals surface area contributed by atoms with Crippen molar-refractivity contribution in [3.8, 4) is 0 Å². The summed E-state index contributed by atoms with van der Waals surface area (Å²) in [6, 6.07) is -1.23. The Balaban J connectivity index is 2.37. The summed E-state index contributed by atoms with van der Waals surface area (Å²) in [7, 11) is 0.